The van der Waals surface area contributed by atoms with Gasteiger partial charge in [-0.05, 0) is 30.2 Å². The minimum absolute atomic E-state index is 0.0161. The standard InChI is InChI=1S/C11H17NO/c1-8-6-9(13)4-5-10(8)11(2,3)7-12/h4-6,13H,7,12H2,1-3H3. The maximum absolute atomic E-state index is 9.24. The van der Waals surface area contributed by atoms with Gasteiger partial charge in [0.05, 0.1) is 0 Å². The molecule has 0 amide bonds. The molecule has 0 aliphatic heterocycles. The number of aromatic hydroxyl groups is 1. The normalized spacial score (nSPS) is 11.7. The monoisotopic (exact) mass is 179 g/mol. The Labute approximate surface area is 79.4 Å². The first kappa shape index (κ1) is 10.1. The van der Waals surface area contributed by atoms with Crippen molar-refractivity contribution in [2.24, 2.45) is 5.73 Å². The number of aryl methyl sites for hydroxylation is 1. The zero-order valence-corrected chi connectivity index (χ0v) is 8.46. The molecule has 0 aromatic heterocycles. The Kier molecular flexibility index (Phi) is 2.62. The predicted molar refractivity (Wildman–Crippen MR) is 54.9 cm³/mol. The average Bonchev–Trinajstić information content (AvgIpc) is 2.03. The van der Waals surface area contributed by atoms with Crippen molar-refractivity contribution in [2.75, 3.05) is 6.54 Å². The molecule has 0 aliphatic rings. The van der Waals surface area contributed by atoms with Gasteiger partial charge in [0.15, 0.2) is 0 Å². The van der Waals surface area contributed by atoms with Crippen LogP contribution in [0.4, 0.5) is 0 Å². The van der Waals surface area contributed by atoms with Crippen LogP contribution in [-0.2, 0) is 5.41 Å². The van der Waals surface area contributed by atoms with Crippen molar-refractivity contribution in [1.82, 2.24) is 0 Å². The molecule has 0 bridgehead atoms. The van der Waals surface area contributed by atoms with E-state index >= 15 is 0 Å². The van der Waals surface area contributed by atoms with Gasteiger partial charge in [0.1, 0.15) is 5.75 Å². The van der Waals surface area contributed by atoms with Crippen molar-refractivity contribution in [2.45, 2.75) is 26.2 Å². The number of rotatable bonds is 2. The van der Waals surface area contributed by atoms with E-state index < -0.39 is 0 Å². The highest BCUT2D eigenvalue weighted by Gasteiger charge is 2.20. The van der Waals surface area contributed by atoms with Crippen molar-refractivity contribution in [1.29, 1.82) is 0 Å². The highest BCUT2D eigenvalue weighted by molar-refractivity contribution is 5.38. The predicted octanol–water partition coefficient (Wildman–Crippen LogP) is 1.94. The Morgan fingerprint density at radius 1 is 1.38 bits per heavy atom. The summed E-state index contributed by atoms with van der Waals surface area (Å²) >= 11 is 0. The third-order valence-electron chi connectivity index (χ3n) is 2.45. The lowest BCUT2D eigenvalue weighted by Gasteiger charge is -2.25. The molecule has 1 rings (SSSR count). The first-order valence-corrected chi connectivity index (χ1v) is 4.47. The number of phenols is 1. The smallest absolute Gasteiger partial charge is 0.115 e. The summed E-state index contributed by atoms with van der Waals surface area (Å²) in [5.41, 5.74) is 7.96. The van der Waals surface area contributed by atoms with E-state index in [2.05, 4.69) is 13.8 Å². The quantitative estimate of drug-likeness (QED) is 0.728. The van der Waals surface area contributed by atoms with Gasteiger partial charge in [0.2, 0.25) is 0 Å². The Morgan fingerprint density at radius 2 is 2.00 bits per heavy atom. The fourth-order valence-electron chi connectivity index (χ4n) is 1.52. The molecule has 0 unspecified atom stereocenters. The highest BCUT2D eigenvalue weighted by atomic mass is 16.3. The highest BCUT2D eigenvalue weighted by Crippen LogP contribution is 2.27. The molecule has 2 heteroatoms. The van der Waals surface area contributed by atoms with Gasteiger partial charge in [-0.1, -0.05) is 19.9 Å². The van der Waals surface area contributed by atoms with E-state index in [0.29, 0.717) is 12.3 Å². The molecule has 1 aromatic carbocycles. The van der Waals surface area contributed by atoms with E-state index in [4.69, 9.17) is 5.73 Å². The number of hydrogen-bond acceptors (Lipinski definition) is 2. The summed E-state index contributed by atoms with van der Waals surface area (Å²) in [7, 11) is 0. The third kappa shape index (κ3) is 2.01. The fraction of sp³-hybridized carbons (Fsp3) is 0.455. The maximum Gasteiger partial charge on any atom is 0.115 e. The van der Waals surface area contributed by atoms with Crippen LogP contribution in [0, 0.1) is 6.92 Å². The molecule has 0 spiro atoms. The van der Waals surface area contributed by atoms with Gasteiger partial charge in [0.25, 0.3) is 0 Å². The van der Waals surface area contributed by atoms with E-state index in [1.807, 2.05) is 13.0 Å². The van der Waals surface area contributed by atoms with Crippen LogP contribution < -0.4 is 5.73 Å². The molecule has 1 aromatic rings. The molecule has 0 saturated heterocycles. The first-order valence-electron chi connectivity index (χ1n) is 4.47. The van der Waals surface area contributed by atoms with E-state index in [-0.39, 0.29) is 5.41 Å². The summed E-state index contributed by atoms with van der Waals surface area (Å²) in [6.07, 6.45) is 0. The maximum atomic E-state index is 9.24. The molecule has 13 heavy (non-hydrogen) atoms. The van der Waals surface area contributed by atoms with Crippen molar-refractivity contribution in [3.05, 3.63) is 29.3 Å². The molecular weight excluding hydrogens is 162 g/mol. The number of phenolic OH excluding ortho intramolecular Hbond substituents is 1. The van der Waals surface area contributed by atoms with E-state index in [0.717, 1.165) is 5.56 Å². The van der Waals surface area contributed by atoms with Crippen LogP contribution in [0.3, 0.4) is 0 Å². The van der Waals surface area contributed by atoms with Crippen LogP contribution in [0.2, 0.25) is 0 Å². The Morgan fingerprint density at radius 3 is 2.46 bits per heavy atom. The van der Waals surface area contributed by atoms with Gasteiger partial charge in [-0.2, -0.15) is 0 Å². The summed E-state index contributed by atoms with van der Waals surface area (Å²) in [4.78, 5) is 0. The minimum Gasteiger partial charge on any atom is -0.508 e. The van der Waals surface area contributed by atoms with E-state index in [1.165, 1.54) is 5.56 Å². The second-order valence-electron chi connectivity index (χ2n) is 4.09. The van der Waals surface area contributed by atoms with E-state index in [1.54, 1.807) is 12.1 Å². The number of nitrogens with two attached hydrogens (primary N) is 1. The molecular formula is C11H17NO. The van der Waals surface area contributed by atoms with Crippen LogP contribution in [-0.4, -0.2) is 11.7 Å². The average molecular weight is 179 g/mol. The molecule has 0 heterocycles. The number of benzene rings is 1. The molecule has 3 N–H and O–H groups in total. The summed E-state index contributed by atoms with van der Waals surface area (Å²) in [5, 5.41) is 9.24. The van der Waals surface area contributed by atoms with Gasteiger partial charge < -0.3 is 10.8 Å². The third-order valence-corrected chi connectivity index (χ3v) is 2.45. The van der Waals surface area contributed by atoms with Crippen molar-refractivity contribution < 1.29 is 5.11 Å². The second kappa shape index (κ2) is 3.38. The lowest BCUT2D eigenvalue weighted by atomic mass is 9.82. The van der Waals surface area contributed by atoms with Crippen molar-refractivity contribution in [3.63, 3.8) is 0 Å². The summed E-state index contributed by atoms with van der Waals surface area (Å²) in [6.45, 7) is 6.81. The SMILES string of the molecule is Cc1cc(O)ccc1C(C)(C)CN. The molecule has 0 fully saturated rings. The molecule has 0 aliphatic carbocycles. The molecule has 0 atom stereocenters. The van der Waals surface area contributed by atoms with Gasteiger partial charge in [-0.15, -0.1) is 0 Å². The van der Waals surface area contributed by atoms with Crippen molar-refractivity contribution in [3.8, 4) is 5.75 Å². The molecule has 2 nitrogen and oxygen atoms in total. The summed E-state index contributed by atoms with van der Waals surface area (Å²) in [5.74, 6) is 0.314. The van der Waals surface area contributed by atoms with Gasteiger partial charge >= 0.3 is 0 Å². The fourth-order valence-corrected chi connectivity index (χ4v) is 1.52. The Balaban J connectivity index is 3.16. The largest absolute Gasteiger partial charge is 0.508 e. The van der Waals surface area contributed by atoms with Crippen molar-refractivity contribution >= 4 is 0 Å². The zero-order valence-electron chi connectivity index (χ0n) is 8.46. The van der Waals surface area contributed by atoms with Gasteiger partial charge in [0, 0.05) is 12.0 Å². The second-order valence-corrected chi connectivity index (χ2v) is 4.09. The Bertz CT molecular complexity index is 305. The lowest BCUT2D eigenvalue weighted by molar-refractivity contribution is 0.472. The topological polar surface area (TPSA) is 46.2 Å². The Hall–Kier alpha value is -1.02. The minimum atomic E-state index is -0.0161. The lowest BCUT2D eigenvalue weighted by Crippen LogP contribution is -2.28. The van der Waals surface area contributed by atoms with Gasteiger partial charge in [-0.25, -0.2) is 0 Å². The van der Waals surface area contributed by atoms with Gasteiger partial charge in [-0.3, -0.25) is 0 Å². The molecule has 0 saturated carbocycles. The zero-order chi connectivity index (χ0) is 10.1. The van der Waals surface area contributed by atoms with Crippen LogP contribution in [0.25, 0.3) is 0 Å². The number of hydrogen-bond donors (Lipinski definition) is 2. The van der Waals surface area contributed by atoms with Crippen LogP contribution in [0.5, 0.6) is 5.75 Å². The van der Waals surface area contributed by atoms with Crippen LogP contribution >= 0.6 is 0 Å². The summed E-state index contributed by atoms with van der Waals surface area (Å²) < 4.78 is 0. The van der Waals surface area contributed by atoms with Crippen LogP contribution in [0.1, 0.15) is 25.0 Å². The van der Waals surface area contributed by atoms with Crippen LogP contribution in [0.15, 0.2) is 18.2 Å². The summed E-state index contributed by atoms with van der Waals surface area (Å²) in [6, 6.07) is 5.42. The molecule has 0 radical (unpaired) electrons. The first-order chi connectivity index (χ1) is 5.97. The molecule has 72 valence electrons. The van der Waals surface area contributed by atoms with E-state index in [9.17, 15) is 5.11 Å².